The smallest absolute Gasteiger partial charge is 0.226 e. The van der Waals surface area contributed by atoms with Gasteiger partial charge in [0, 0.05) is 34.5 Å². The number of imidazole rings is 1. The van der Waals surface area contributed by atoms with Crippen molar-refractivity contribution in [1.82, 2.24) is 15.0 Å². The number of carbonyl (C=O) groups excluding carboxylic acids is 1. The number of carbonyl (C=O) groups is 1. The number of phenols is 1. The van der Waals surface area contributed by atoms with Crippen LogP contribution in [0.5, 0.6) is 5.75 Å². The molecule has 4 rings (SSSR count). The van der Waals surface area contributed by atoms with Crippen LogP contribution in [0.25, 0.3) is 33.9 Å². The van der Waals surface area contributed by atoms with Crippen molar-refractivity contribution < 1.29 is 9.90 Å². The van der Waals surface area contributed by atoms with Crippen molar-refractivity contribution in [3.8, 4) is 39.7 Å². The van der Waals surface area contributed by atoms with Gasteiger partial charge in [0.1, 0.15) is 16.2 Å². The van der Waals surface area contributed by atoms with Gasteiger partial charge in [-0.2, -0.15) is 0 Å². The van der Waals surface area contributed by atoms with Gasteiger partial charge in [0.05, 0.1) is 11.4 Å². The number of H-pyrrole nitrogens is 1. The van der Waals surface area contributed by atoms with Crippen molar-refractivity contribution in [2.24, 2.45) is 5.92 Å². The van der Waals surface area contributed by atoms with E-state index in [1.807, 2.05) is 56.3 Å². The lowest BCUT2D eigenvalue weighted by Gasteiger charge is -2.07. The van der Waals surface area contributed by atoms with E-state index in [4.69, 9.17) is 4.98 Å². The largest absolute Gasteiger partial charge is 0.508 e. The maximum atomic E-state index is 11.9. The first-order valence-corrected chi connectivity index (χ1v) is 10.6. The number of aromatic hydroxyl groups is 1. The molecular formula is C24H21BrN4O2. The number of nitrogens with one attached hydrogen (secondary N) is 2. The number of halogens is 1. The van der Waals surface area contributed by atoms with Crippen molar-refractivity contribution in [3.63, 3.8) is 0 Å². The van der Waals surface area contributed by atoms with E-state index < -0.39 is 0 Å². The molecule has 0 bridgehead atoms. The highest BCUT2D eigenvalue weighted by atomic mass is 79.9. The Kier molecular flexibility index (Phi) is 5.86. The molecule has 0 aliphatic rings. The summed E-state index contributed by atoms with van der Waals surface area (Å²) in [5.74, 6) is 0.747. The predicted octanol–water partition coefficient (Wildman–Crippen LogP) is 5.87. The van der Waals surface area contributed by atoms with Crippen LogP contribution >= 0.6 is 15.9 Å². The van der Waals surface area contributed by atoms with E-state index in [1.165, 1.54) is 0 Å². The molecule has 7 heteroatoms. The van der Waals surface area contributed by atoms with Gasteiger partial charge in [-0.3, -0.25) is 4.79 Å². The van der Waals surface area contributed by atoms with E-state index in [0.29, 0.717) is 10.4 Å². The van der Waals surface area contributed by atoms with Crippen LogP contribution in [-0.4, -0.2) is 26.0 Å². The summed E-state index contributed by atoms with van der Waals surface area (Å²) in [6, 6.07) is 18.4. The normalized spacial score (nSPS) is 11.0. The minimum absolute atomic E-state index is 0.0255. The quantitative estimate of drug-likeness (QED) is 0.314. The minimum Gasteiger partial charge on any atom is -0.508 e. The fraction of sp³-hybridized carbons (Fsp3) is 0.125. The topological polar surface area (TPSA) is 90.9 Å². The maximum absolute atomic E-state index is 11.9. The van der Waals surface area contributed by atoms with Crippen molar-refractivity contribution in [3.05, 3.63) is 71.5 Å². The Bertz CT molecular complexity index is 1170. The van der Waals surface area contributed by atoms with Crippen LogP contribution in [-0.2, 0) is 4.79 Å². The van der Waals surface area contributed by atoms with Crippen molar-refractivity contribution in [1.29, 1.82) is 0 Å². The summed E-state index contributed by atoms with van der Waals surface area (Å²) in [7, 11) is 0. The summed E-state index contributed by atoms with van der Waals surface area (Å²) < 4.78 is 0.716. The number of phenolic OH excluding ortho intramolecular Hbond substituents is 1. The first-order chi connectivity index (χ1) is 14.9. The Morgan fingerprint density at radius 3 is 2.48 bits per heavy atom. The zero-order chi connectivity index (χ0) is 22.0. The van der Waals surface area contributed by atoms with Gasteiger partial charge >= 0.3 is 0 Å². The Morgan fingerprint density at radius 1 is 1.03 bits per heavy atom. The number of aromatic nitrogens is 3. The van der Waals surface area contributed by atoms with E-state index in [1.54, 1.807) is 24.4 Å². The fourth-order valence-electron chi connectivity index (χ4n) is 3.14. The molecule has 6 nitrogen and oxygen atoms in total. The van der Waals surface area contributed by atoms with Gasteiger partial charge in [0.15, 0.2) is 0 Å². The Labute approximate surface area is 188 Å². The van der Waals surface area contributed by atoms with Gasteiger partial charge in [0.25, 0.3) is 0 Å². The standard InChI is InChI=1S/C24H21BrN4O2/c1-14(2)24(31)27-18-8-6-15(7-9-18)23-28-21(16-4-3-5-19(30)12-16)22(29-23)17-10-11-26-20(25)13-17/h3-14,30H,1-2H3,(H,27,31)(H,28,29). The molecule has 0 aliphatic carbocycles. The summed E-state index contributed by atoms with van der Waals surface area (Å²) in [5.41, 5.74) is 4.87. The van der Waals surface area contributed by atoms with Crippen molar-refractivity contribution in [2.45, 2.75) is 13.8 Å². The number of nitrogens with zero attached hydrogens (tertiary/aromatic N) is 2. The molecular weight excluding hydrogens is 456 g/mol. The third-order valence-electron chi connectivity index (χ3n) is 4.79. The summed E-state index contributed by atoms with van der Waals surface area (Å²) in [6.07, 6.45) is 1.72. The summed E-state index contributed by atoms with van der Waals surface area (Å²) in [6.45, 7) is 3.71. The molecule has 0 unspecified atom stereocenters. The van der Waals surface area contributed by atoms with Gasteiger partial charge in [-0.05, 0) is 64.5 Å². The van der Waals surface area contributed by atoms with Crippen molar-refractivity contribution >= 4 is 27.5 Å². The lowest BCUT2D eigenvalue weighted by molar-refractivity contribution is -0.118. The van der Waals surface area contributed by atoms with Crippen LogP contribution in [0.15, 0.2) is 71.5 Å². The van der Waals surface area contributed by atoms with Gasteiger partial charge in [-0.25, -0.2) is 9.97 Å². The molecule has 0 radical (unpaired) electrons. The zero-order valence-electron chi connectivity index (χ0n) is 17.1. The molecule has 0 atom stereocenters. The average molecular weight is 477 g/mol. The monoisotopic (exact) mass is 476 g/mol. The number of anilines is 1. The maximum Gasteiger partial charge on any atom is 0.226 e. The molecule has 3 N–H and O–H groups in total. The number of benzene rings is 2. The van der Waals surface area contributed by atoms with E-state index in [0.717, 1.165) is 33.8 Å². The number of rotatable bonds is 5. The lowest BCUT2D eigenvalue weighted by Crippen LogP contribution is -2.17. The Balaban J connectivity index is 1.75. The second kappa shape index (κ2) is 8.73. The highest BCUT2D eigenvalue weighted by Gasteiger charge is 2.16. The van der Waals surface area contributed by atoms with E-state index in [2.05, 4.69) is 31.2 Å². The number of amides is 1. The molecule has 0 fully saturated rings. The summed E-state index contributed by atoms with van der Waals surface area (Å²) in [5, 5.41) is 12.8. The van der Waals surface area contributed by atoms with Gasteiger partial charge in [-0.1, -0.05) is 26.0 Å². The third kappa shape index (κ3) is 4.67. The molecule has 2 heterocycles. The highest BCUT2D eigenvalue weighted by molar-refractivity contribution is 9.10. The number of pyridine rings is 1. The SMILES string of the molecule is CC(C)C(=O)Nc1ccc(-c2nc(-c3cccc(O)c3)c(-c3ccnc(Br)c3)[nH]2)cc1. The molecule has 0 saturated heterocycles. The second-order valence-corrected chi connectivity index (χ2v) is 8.26. The van der Waals surface area contributed by atoms with Gasteiger partial charge in [0.2, 0.25) is 5.91 Å². The molecule has 1 amide bonds. The molecule has 156 valence electrons. The average Bonchev–Trinajstić information content (AvgIpc) is 3.20. The van der Waals surface area contributed by atoms with Crippen LogP contribution in [0, 0.1) is 5.92 Å². The van der Waals surface area contributed by atoms with E-state index in [9.17, 15) is 9.90 Å². The summed E-state index contributed by atoms with van der Waals surface area (Å²) in [4.78, 5) is 24.4. The lowest BCUT2D eigenvalue weighted by atomic mass is 10.1. The number of aromatic amines is 1. The molecule has 31 heavy (non-hydrogen) atoms. The zero-order valence-corrected chi connectivity index (χ0v) is 18.6. The van der Waals surface area contributed by atoms with Crippen LogP contribution in [0.1, 0.15) is 13.8 Å². The highest BCUT2D eigenvalue weighted by Crippen LogP contribution is 2.35. The van der Waals surface area contributed by atoms with Gasteiger partial charge < -0.3 is 15.4 Å². The van der Waals surface area contributed by atoms with E-state index in [-0.39, 0.29) is 17.6 Å². The first kappa shape index (κ1) is 20.8. The van der Waals surface area contributed by atoms with Crippen LogP contribution in [0.4, 0.5) is 5.69 Å². The molecule has 0 saturated carbocycles. The summed E-state index contributed by atoms with van der Waals surface area (Å²) >= 11 is 3.42. The molecule has 4 aromatic rings. The first-order valence-electron chi connectivity index (χ1n) is 9.83. The van der Waals surface area contributed by atoms with Crippen LogP contribution in [0.3, 0.4) is 0 Å². The molecule has 0 spiro atoms. The van der Waals surface area contributed by atoms with E-state index >= 15 is 0 Å². The third-order valence-corrected chi connectivity index (χ3v) is 5.22. The van der Waals surface area contributed by atoms with Crippen molar-refractivity contribution in [2.75, 3.05) is 5.32 Å². The number of hydrogen-bond donors (Lipinski definition) is 3. The van der Waals surface area contributed by atoms with Crippen LogP contribution in [0.2, 0.25) is 0 Å². The van der Waals surface area contributed by atoms with Crippen LogP contribution < -0.4 is 5.32 Å². The second-order valence-electron chi connectivity index (χ2n) is 7.45. The fourth-order valence-corrected chi connectivity index (χ4v) is 3.50. The molecule has 2 aromatic heterocycles. The molecule has 2 aromatic carbocycles. The number of hydrogen-bond acceptors (Lipinski definition) is 4. The Hall–Kier alpha value is -3.45. The Morgan fingerprint density at radius 2 is 1.81 bits per heavy atom. The van der Waals surface area contributed by atoms with Gasteiger partial charge in [-0.15, -0.1) is 0 Å². The molecule has 0 aliphatic heterocycles. The minimum atomic E-state index is -0.0863. The predicted molar refractivity (Wildman–Crippen MR) is 126 cm³/mol.